The Bertz CT molecular complexity index is 1960. The summed E-state index contributed by atoms with van der Waals surface area (Å²) in [5.74, 6) is -1.24. The van der Waals surface area contributed by atoms with Crippen LogP contribution in [0.5, 0.6) is 0 Å². The zero-order valence-corrected chi connectivity index (χ0v) is 24.6. The highest BCUT2D eigenvalue weighted by Crippen LogP contribution is 2.31. The van der Waals surface area contributed by atoms with E-state index in [2.05, 4.69) is 5.32 Å². The van der Waals surface area contributed by atoms with Crippen LogP contribution in [0, 0.1) is 6.92 Å². The molecule has 0 spiro atoms. The van der Waals surface area contributed by atoms with Gasteiger partial charge in [-0.15, -0.1) is 0 Å². The molecule has 8 nitrogen and oxygen atoms in total. The van der Waals surface area contributed by atoms with Gasteiger partial charge in [-0.1, -0.05) is 73.2 Å². The Balaban J connectivity index is 1.22. The molecule has 0 radical (unpaired) electrons. The lowest BCUT2D eigenvalue weighted by Gasteiger charge is -2.26. The van der Waals surface area contributed by atoms with Crippen LogP contribution in [0.1, 0.15) is 35.2 Å². The van der Waals surface area contributed by atoms with E-state index in [1.165, 1.54) is 10.4 Å². The van der Waals surface area contributed by atoms with E-state index in [0.717, 1.165) is 35.6 Å². The number of esters is 1. The zero-order chi connectivity index (χ0) is 30.0. The highest BCUT2D eigenvalue weighted by molar-refractivity contribution is 7.89. The SMILES string of the molecule is Cc1ccc(NC(=O)COC(=O)c2cc(-c3cccc4ccccc34)nc3ccccc23)cc1S(=O)(=O)N1CCCCC1. The number of hydrogen-bond donors (Lipinski definition) is 1. The van der Waals surface area contributed by atoms with Gasteiger partial charge in [0.2, 0.25) is 10.0 Å². The smallest absolute Gasteiger partial charge is 0.339 e. The van der Waals surface area contributed by atoms with Crippen LogP contribution in [0.3, 0.4) is 0 Å². The molecular formula is C34H31N3O5S. The maximum Gasteiger partial charge on any atom is 0.339 e. The van der Waals surface area contributed by atoms with Crippen LogP contribution < -0.4 is 5.32 Å². The van der Waals surface area contributed by atoms with Gasteiger partial charge < -0.3 is 10.1 Å². The quantitative estimate of drug-likeness (QED) is 0.221. The van der Waals surface area contributed by atoms with E-state index in [-0.39, 0.29) is 4.90 Å². The maximum absolute atomic E-state index is 13.4. The van der Waals surface area contributed by atoms with E-state index in [1.807, 2.05) is 60.7 Å². The Kier molecular flexibility index (Phi) is 7.92. The van der Waals surface area contributed by atoms with Gasteiger partial charge in [0.25, 0.3) is 5.91 Å². The third kappa shape index (κ3) is 5.86. The molecule has 0 saturated carbocycles. The van der Waals surface area contributed by atoms with Crippen molar-refractivity contribution in [1.82, 2.24) is 9.29 Å². The van der Waals surface area contributed by atoms with Crippen molar-refractivity contribution in [3.8, 4) is 11.3 Å². The summed E-state index contributed by atoms with van der Waals surface area (Å²) in [7, 11) is -3.68. The molecule has 6 rings (SSSR count). The first-order valence-corrected chi connectivity index (χ1v) is 15.7. The number of hydrogen-bond acceptors (Lipinski definition) is 6. The van der Waals surface area contributed by atoms with Gasteiger partial charge in [-0.25, -0.2) is 18.2 Å². The molecule has 1 saturated heterocycles. The summed E-state index contributed by atoms with van der Waals surface area (Å²) >= 11 is 0. The molecule has 1 aliphatic heterocycles. The first-order valence-electron chi connectivity index (χ1n) is 14.3. The van der Waals surface area contributed by atoms with Crippen LogP contribution >= 0.6 is 0 Å². The number of aryl methyl sites for hydroxylation is 1. The van der Waals surface area contributed by atoms with Crippen LogP contribution in [0.15, 0.2) is 95.9 Å². The first-order chi connectivity index (χ1) is 20.8. The fourth-order valence-electron chi connectivity index (χ4n) is 5.54. The first kappa shape index (κ1) is 28.5. The van der Waals surface area contributed by atoms with Crippen molar-refractivity contribution in [2.45, 2.75) is 31.1 Å². The van der Waals surface area contributed by atoms with Crippen LogP contribution in [0.2, 0.25) is 0 Å². The van der Waals surface area contributed by atoms with Crippen molar-refractivity contribution in [2.75, 3.05) is 25.0 Å². The lowest BCUT2D eigenvalue weighted by atomic mass is 9.99. The monoisotopic (exact) mass is 593 g/mol. The average molecular weight is 594 g/mol. The number of pyridine rings is 1. The fraction of sp³-hybridized carbons (Fsp3) is 0.206. The second-order valence-corrected chi connectivity index (χ2v) is 12.6. The third-order valence-corrected chi connectivity index (χ3v) is 9.78. The Morgan fingerprint density at radius 2 is 1.58 bits per heavy atom. The molecule has 1 N–H and O–H groups in total. The molecule has 218 valence electrons. The number of aromatic nitrogens is 1. The van der Waals surface area contributed by atoms with Gasteiger partial charge in [-0.2, -0.15) is 4.31 Å². The molecule has 5 aromatic rings. The van der Waals surface area contributed by atoms with Crippen molar-refractivity contribution in [1.29, 1.82) is 0 Å². The van der Waals surface area contributed by atoms with Gasteiger partial charge in [0, 0.05) is 29.7 Å². The van der Waals surface area contributed by atoms with E-state index < -0.39 is 28.5 Å². The van der Waals surface area contributed by atoms with Crippen LogP contribution in [-0.4, -0.2) is 49.3 Å². The van der Waals surface area contributed by atoms with Gasteiger partial charge in [-0.05, 0) is 60.4 Å². The summed E-state index contributed by atoms with van der Waals surface area (Å²) in [4.78, 5) is 31.2. The molecule has 0 bridgehead atoms. The van der Waals surface area contributed by atoms with E-state index >= 15 is 0 Å². The summed E-state index contributed by atoms with van der Waals surface area (Å²) in [6.07, 6.45) is 2.67. The Morgan fingerprint density at radius 1 is 0.860 bits per heavy atom. The highest BCUT2D eigenvalue weighted by Gasteiger charge is 2.28. The van der Waals surface area contributed by atoms with Crippen molar-refractivity contribution >= 4 is 49.3 Å². The summed E-state index contributed by atoms with van der Waals surface area (Å²) < 4.78 is 33.5. The molecule has 1 aliphatic rings. The van der Waals surface area contributed by atoms with Crippen molar-refractivity contribution in [3.05, 3.63) is 102 Å². The van der Waals surface area contributed by atoms with Crippen molar-refractivity contribution < 1.29 is 22.7 Å². The highest BCUT2D eigenvalue weighted by atomic mass is 32.2. The number of amides is 1. The number of ether oxygens (including phenoxy) is 1. The number of nitrogens with one attached hydrogen (secondary N) is 1. The number of sulfonamides is 1. The minimum atomic E-state index is -3.68. The number of carbonyl (C=O) groups is 2. The van der Waals surface area contributed by atoms with E-state index in [0.29, 0.717) is 46.5 Å². The van der Waals surface area contributed by atoms with E-state index in [9.17, 15) is 18.0 Å². The number of rotatable bonds is 7. The third-order valence-electron chi connectivity index (χ3n) is 7.74. The summed E-state index contributed by atoms with van der Waals surface area (Å²) in [6.45, 7) is 2.16. The van der Waals surface area contributed by atoms with Crippen LogP contribution in [0.4, 0.5) is 5.69 Å². The van der Waals surface area contributed by atoms with Gasteiger partial charge >= 0.3 is 5.97 Å². The average Bonchev–Trinajstić information content (AvgIpc) is 3.04. The normalized spacial score (nSPS) is 14.1. The summed E-state index contributed by atoms with van der Waals surface area (Å²) in [5, 5.41) is 5.35. The van der Waals surface area contributed by atoms with Crippen molar-refractivity contribution in [2.24, 2.45) is 0 Å². The Morgan fingerprint density at radius 3 is 2.40 bits per heavy atom. The Hall–Kier alpha value is -4.60. The van der Waals surface area contributed by atoms with Gasteiger partial charge in [0.15, 0.2) is 6.61 Å². The van der Waals surface area contributed by atoms with Crippen LogP contribution in [-0.2, 0) is 19.6 Å². The number of carbonyl (C=O) groups excluding carboxylic acids is 2. The Labute approximate surface area is 250 Å². The largest absolute Gasteiger partial charge is 0.452 e. The molecule has 9 heteroatoms. The number of benzene rings is 4. The second kappa shape index (κ2) is 11.9. The number of fused-ring (bicyclic) bond motifs is 2. The van der Waals surface area contributed by atoms with Gasteiger partial charge in [0.1, 0.15) is 0 Å². The van der Waals surface area contributed by atoms with E-state index in [1.54, 1.807) is 31.2 Å². The van der Waals surface area contributed by atoms with E-state index in [4.69, 9.17) is 9.72 Å². The minimum absolute atomic E-state index is 0.161. The second-order valence-electron chi connectivity index (χ2n) is 10.7. The molecule has 0 aliphatic carbocycles. The molecule has 0 atom stereocenters. The summed E-state index contributed by atoms with van der Waals surface area (Å²) in [5.41, 5.74) is 3.34. The topological polar surface area (TPSA) is 106 Å². The predicted molar refractivity (Wildman–Crippen MR) is 167 cm³/mol. The maximum atomic E-state index is 13.4. The molecule has 0 unspecified atom stereocenters. The summed E-state index contributed by atoms with van der Waals surface area (Å²) in [6, 6.07) is 27.7. The molecule has 1 aromatic heterocycles. The van der Waals surface area contributed by atoms with Crippen LogP contribution in [0.25, 0.3) is 32.9 Å². The molecular weight excluding hydrogens is 562 g/mol. The predicted octanol–water partition coefficient (Wildman–Crippen LogP) is 6.33. The minimum Gasteiger partial charge on any atom is -0.452 e. The number of anilines is 1. The number of piperidine rings is 1. The molecule has 1 amide bonds. The fourth-order valence-corrected chi connectivity index (χ4v) is 7.30. The lowest BCUT2D eigenvalue weighted by molar-refractivity contribution is -0.119. The van der Waals surface area contributed by atoms with Gasteiger partial charge in [-0.3, -0.25) is 4.79 Å². The zero-order valence-electron chi connectivity index (χ0n) is 23.7. The lowest BCUT2D eigenvalue weighted by Crippen LogP contribution is -2.36. The number of para-hydroxylation sites is 1. The molecule has 4 aromatic carbocycles. The van der Waals surface area contributed by atoms with Gasteiger partial charge in [0.05, 0.1) is 21.7 Å². The molecule has 1 fully saturated rings. The van der Waals surface area contributed by atoms with Crippen molar-refractivity contribution in [3.63, 3.8) is 0 Å². The standard InChI is InChI=1S/C34H31N3O5S/c1-23-16-17-25(20-32(23)43(40,41)37-18-7-2-8-19-37)35-33(38)22-42-34(39)29-21-31(36-30-15-6-5-13-28(29)30)27-14-9-11-24-10-3-4-12-26(24)27/h3-6,9-17,20-21H,2,7-8,18-19,22H2,1H3,(H,35,38). The molecule has 43 heavy (non-hydrogen) atoms. The number of nitrogens with zero attached hydrogens (tertiary/aromatic N) is 2. The molecule has 2 heterocycles.